The number of carbonyl (C=O) groups excluding carboxylic acids is 1. The van der Waals surface area contributed by atoms with E-state index < -0.39 is 0 Å². The molecule has 0 bridgehead atoms. The first kappa shape index (κ1) is 7.84. The van der Waals surface area contributed by atoms with Crippen molar-refractivity contribution in [1.29, 1.82) is 0 Å². The number of rotatable bonds is 0. The summed E-state index contributed by atoms with van der Waals surface area (Å²) in [6.45, 7) is 3.21. The van der Waals surface area contributed by atoms with Gasteiger partial charge in [0.2, 0.25) is 0 Å². The van der Waals surface area contributed by atoms with Crippen LogP contribution in [0.4, 0.5) is 0 Å². The van der Waals surface area contributed by atoms with Gasteiger partial charge in [0.05, 0.1) is 0 Å². The van der Waals surface area contributed by atoms with E-state index in [0.717, 1.165) is 37.8 Å². The summed E-state index contributed by atoms with van der Waals surface area (Å²) in [5, 5.41) is 3.34. The van der Waals surface area contributed by atoms with E-state index in [2.05, 4.69) is 12.2 Å². The van der Waals surface area contributed by atoms with Crippen LogP contribution < -0.4 is 5.32 Å². The van der Waals surface area contributed by atoms with Crippen molar-refractivity contribution < 1.29 is 4.79 Å². The van der Waals surface area contributed by atoms with Crippen LogP contribution in [0.15, 0.2) is 11.3 Å². The number of nitrogens with one attached hydrogen (secondary N) is 1. The first-order chi connectivity index (χ1) is 5.77. The minimum absolute atomic E-state index is 0.385. The first-order valence-corrected chi connectivity index (χ1v) is 4.76. The fourth-order valence-electron chi connectivity index (χ4n) is 2.13. The van der Waals surface area contributed by atoms with Gasteiger partial charge in [0.25, 0.3) is 0 Å². The number of hydrogen-bond donors (Lipinski definition) is 1. The predicted molar refractivity (Wildman–Crippen MR) is 47.7 cm³/mol. The van der Waals surface area contributed by atoms with Crippen molar-refractivity contribution in [3.05, 3.63) is 11.3 Å². The van der Waals surface area contributed by atoms with Crippen LogP contribution in [0, 0.1) is 5.92 Å². The number of carbonyl (C=O) groups is 1. The topological polar surface area (TPSA) is 29.1 Å². The molecule has 0 aromatic heterocycles. The molecular weight excluding hydrogens is 150 g/mol. The highest BCUT2D eigenvalue weighted by molar-refractivity contribution is 5.97. The van der Waals surface area contributed by atoms with Crippen molar-refractivity contribution in [1.82, 2.24) is 5.32 Å². The van der Waals surface area contributed by atoms with Gasteiger partial charge in [-0.15, -0.1) is 0 Å². The quantitative estimate of drug-likeness (QED) is 0.591. The van der Waals surface area contributed by atoms with Crippen molar-refractivity contribution in [3.63, 3.8) is 0 Å². The molecule has 2 aliphatic rings. The Balaban J connectivity index is 2.26. The fraction of sp³-hybridized carbons (Fsp3) is 0.700. The Hall–Kier alpha value is -0.790. The largest absolute Gasteiger partial charge is 0.388 e. The van der Waals surface area contributed by atoms with Gasteiger partial charge in [-0.25, -0.2) is 0 Å². The maximum absolute atomic E-state index is 11.5. The monoisotopic (exact) mass is 165 g/mol. The van der Waals surface area contributed by atoms with Crippen LogP contribution >= 0.6 is 0 Å². The lowest BCUT2D eigenvalue weighted by Gasteiger charge is -2.28. The molecule has 0 spiro atoms. The highest BCUT2D eigenvalue weighted by Gasteiger charge is 2.26. The van der Waals surface area contributed by atoms with E-state index in [-0.39, 0.29) is 0 Å². The molecule has 1 heterocycles. The molecule has 0 fully saturated rings. The molecule has 0 aromatic carbocycles. The highest BCUT2D eigenvalue weighted by Crippen LogP contribution is 2.29. The Kier molecular flexibility index (Phi) is 1.91. The molecular formula is C10H15NO. The van der Waals surface area contributed by atoms with Crippen LogP contribution in [-0.2, 0) is 4.79 Å². The van der Waals surface area contributed by atoms with Gasteiger partial charge in [-0.1, -0.05) is 6.92 Å². The lowest BCUT2D eigenvalue weighted by Crippen LogP contribution is -2.30. The number of Topliss-reactive ketones (excluding diaryl/α,β-unsaturated/α-hetero) is 1. The van der Waals surface area contributed by atoms with E-state index in [1.165, 1.54) is 5.70 Å². The van der Waals surface area contributed by atoms with Crippen LogP contribution in [0.25, 0.3) is 0 Å². The van der Waals surface area contributed by atoms with E-state index in [1.54, 1.807) is 0 Å². The Labute approximate surface area is 73.0 Å². The zero-order chi connectivity index (χ0) is 8.55. The summed E-state index contributed by atoms with van der Waals surface area (Å²) >= 11 is 0. The second kappa shape index (κ2) is 2.92. The van der Waals surface area contributed by atoms with Gasteiger partial charge in [-0.2, -0.15) is 0 Å². The summed E-state index contributed by atoms with van der Waals surface area (Å²) in [5.74, 6) is 0.929. The smallest absolute Gasteiger partial charge is 0.160 e. The molecule has 2 rings (SSSR count). The highest BCUT2D eigenvalue weighted by atomic mass is 16.1. The number of ketones is 1. The Bertz CT molecular complexity index is 242. The summed E-state index contributed by atoms with van der Waals surface area (Å²) < 4.78 is 0. The second-order valence-electron chi connectivity index (χ2n) is 3.92. The molecule has 1 aliphatic heterocycles. The average Bonchev–Trinajstić information content (AvgIpc) is 2.04. The molecule has 0 aromatic rings. The molecule has 66 valence electrons. The van der Waals surface area contributed by atoms with Crippen molar-refractivity contribution in [2.45, 2.75) is 32.6 Å². The SMILES string of the molecule is C[C@@H]1CC(=O)C2=C(C1)NCCC2. The summed E-state index contributed by atoms with van der Waals surface area (Å²) in [6.07, 6.45) is 3.98. The Morgan fingerprint density at radius 3 is 3.08 bits per heavy atom. The zero-order valence-corrected chi connectivity index (χ0v) is 7.52. The average molecular weight is 165 g/mol. The van der Waals surface area contributed by atoms with Gasteiger partial charge in [0.1, 0.15) is 0 Å². The van der Waals surface area contributed by atoms with E-state index in [9.17, 15) is 4.79 Å². The molecule has 1 atom stereocenters. The van der Waals surface area contributed by atoms with Crippen LogP contribution in [0.2, 0.25) is 0 Å². The summed E-state index contributed by atoms with van der Waals surface area (Å²) in [5.41, 5.74) is 2.34. The summed E-state index contributed by atoms with van der Waals surface area (Å²) in [7, 11) is 0. The van der Waals surface area contributed by atoms with Crippen LogP contribution in [0.3, 0.4) is 0 Å². The third kappa shape index (κ3) is 1.26. The first-order valence-electron chi connectivity index (χ1n) is 4.76. The molecule has 2 nitrogen and oxygen atoms in total. The zero-order valence-electron chi connectivity index (χ0n) is 7.52. The molecule has 0 radical (unpaired) electrons. The number of hydrogen-bond acceptors (Lipinski definition) is 2. The third-order valence-electron chi connectivity index (χ3n) is 2.73. The predicted octanol–water partition coefficient (Wildman–Crippen LogP) is 1.62. The van der Waals surface area contributed by atoms with E-state index >= 15 is 0 Å². The molecule has 1 N–H and O–H groups in total. The molecule has 0 amide bonds. The maximum atomic E-state index is 11.5. The van der Waals surface area contributed by atoms with Gasteiger partial charge < -0.3 is 5.32 Å². The molecule has 1 aliphatic carbocycles. The Morgan fingerprint density at radius 1 is 1.42 bits per heavy atom. The third-order valence-corrected chi connectivity index (χ3v) is 2.73. The van der Waals surface area contributed by atoms with Gasteiger partial charge in [0, 0.05) is 24.2 Å². The minimum Gasteiger partial charge on any atom is -0.388 e. The minimum atomic E-state index is 0.385. The normalized spacial score (nSPS) is 29.8. The van der Waals surface area contributed by atoms with Gasteiger partial charge in [0.15, 0.2) is 5.78 Å². The lowest BCUT2D eigenvalue weighted by atomic mass is 9.84. The van der Waals surface area contributed by atoms with Crippen LogP contribution in [-0.4, -0.2) is 12.3 Å². The van der Waals surface area contributed by atoms with Crippen molar-refractivity contribution in [3.8, 4) is 0 Å². The van der Waals surface area contributed by atoms with Gasteiger partial charge in [-0.05, 0) is 25.2 Å². The molecule has 12 heavy (non-hydrogen) atoms. The van der Waals surface area contributed by atoms with Crippen molar-refractivity contribution in [2.24, 2.45) is 5.92 Å². The van der Waals surface area contributed by atoms with E-state index in [1.807, 2.05) is 0 Å². The second-order valence-corrected chi connectivity index (χ2v) is 3.92. The lowest BCUT2D eigenvalue weighted by molar-refractivity contribution is -0.117. The standard InChI is InChI=1S/C10H15NO/c1-7-5-9-8(10(12)6-7)3-2-4-11-9/h7,11H,2-6H2,1H3/t7-/m0/s1. The molecule has 2 heteroatoms. The van der Waals surface area contributed by atoms with Gasteiger partial charge >= 0.3 is 0 Å². The number of allylic oxidation sites excluding steroid dienone is 2. The molecule has 0 unspecified atom stereocenters. The van der Waals surface area contributed by atoms with E-state index in [0.29, 0.717) is 11.7 Å². The van der Waals surface area contributed by atoms with Crippen LogP contribution in [0.1, 0.15) is 32.6 Å². The van der Waals surface area contributed by atoms with Crippen LogP contribution in [0.5, 0.6) is 0 Å². The van der Waals surface area contributed by atoms with Crippen molar-refractivity contribution in [2.75, 3.05) is 6.54 Å². The molecule has 0 saturated carbocycles. The van der Waals surface area contributed by atoms with E-state index in [4.69, 9.17) is 0 Å². The van der Waals surface area contributed by atoms with Crippen molar-refractivity contribution >= 4 is 5.78 Å². The summed E-state index contributed by atoms with van der Waals surface area (Å²) in [4.78, 5) is 11.5. The Morgan fingerprint density at radius 2 is 2.25 bits per heavy atom. The van der Waals surface area contributed by atoms with Gasteiger partial charge in [-0.3, -0.25) is 4.79 Å². The molecule has 0 saturated heterocycles. The maximum Gasteiger partial charge on any atom is 0.160 e. The fourth-order valence-corrected chi connectivity index (χ4v) is 2.13. The summed E-state index contributed by atoms with van der Waals surface area (Å²) in [6, 6.07) is 0.